The maximum atomic E-state index is 11.7. The summed E-state index contributed by atoms with van der Waals surface area (Å²) in [6, 6.07) is 3.50. The number of aromatic amines is 1. The zero-order chi connectivity index (χ0) is 12.8. The number of rotatable bonds is 5. The molecular formula is C12H15N5O. The molecule has 0 bridgehead atoms. The molecular weight excluding hydrogens is 230 g/mol. The van der Waals surface area contributed by atoms with Crippen LogP contribution in [0.1, 0.15) is 16.3 Å². The van der Waals surface area contributed by atoms with Gasteiger partial charge in [0.2, 0.25) is 0 Å². The summed E-state index contributed by atoms with van der Waals surface area (Å²) in [6.07, 6.45) is 5.75. The lowest BCUT2D eigenvalue weighted by atomic mass is 10.3. The number of imidazole rings is 1. The number of nitrogens with one attached hydrogen (secondary N) is 3. The van der Waals surface area contributed by atoms with Crippen LogP contribution in [0.3, 0.4) is 0 Å². The fourth-order valence-corrected chi connectivity index (χ4v) is 1.50. The third kappa shape index (κ3) is 3.07. The number of anilines is 1. The fourth-order valence-electron chi connectivity index (χ4n) is 1.50. The number of nitrogens with zero attached hydrogens (tertiary/aromatic N) is 2. The van der Waals surface area contributed by atoms with Crippen molar-refractivity contribution in [2.45, 2.75) is 6.42 Å². The van der Waals surface area contributed by atoms with Crippen molar-refractivity contribution in [2.75, 3.05) is 18.9 Å². The summed E-state index contributed by atoms with van der Waals surface area (Å²) in [6.45, 7) is 0.530. The SMILES string of the molecule is CNc1ccc(C(=O)NCCc2ncc[nH]2)nc1. The Morgan fingerprint density at radius 2 is 2.28 bits per heavy atom. The Morgan fingerprint density at radius 3 is 2.89 bits per heavy atom. The van der Waals surface area contributed by atoms with E-state index in [2.05, 4.69) is 25.6 Å². The van der Waals surface area contributed by atoms with Gasteiger partial charge in [0.15, 0.2) is 0 Å². The molecule has 0 saturated heterocycles. The van der Waals surface area contributed by atoms with E-state index < -0.39 is 0 Å². The Labute approximate surface area is 105 Å². The molecule has 0 aliphatic rings. The number of hydrogen-bond donors (Lipinski definition) is 3. The van der Waals surface area contributed by atoms with Crippen molar-refractivity contribution in [3.63, 3.8) is 0 Å². The summed E-state index contributed by atoms with van der Waals surface area (Å²) in [5.41, 5.74) is 1.29. The van der Waals surface area contributed by atoms with Crippen molar-refractivity contribution in [3.05, 3.63) is 42.2 Å². The first-order valence-electron chi connectivity index (χ1n) is 5.70. The molecule has 6 heteroatoms. The summed E-state index contributed by atoms with van der Waals surface area (Å²) in [7, 11) is 1.81. The topological polar surface area (TPSA) is 82.7 Å². The van der Waals surface area contributed by atoms with Gasteiger partial charge >= 0.3 is 0 Å². The van der Waals surface area contributed by atoms with E-state index in [4.69, 9.17) is 0 Å². The molecule has 0 unspecified atom stereocenters. The van der Waals surface area contributed by atoms with Gasteiger partial charge in [-0.3, -0.25) is 4.79 Å². The number of aromatic nitrogens is 3. The Bertz CT molecular complexity index is 492. The second-order valence-corrected chi connectivity index (χ2v) is 3.72. The number of amides is 1. The van der Waals surface area contributed by atoms with E-state index in [1.807, 2.05) is 6.07 Å². The highest BCUT2D eigenvalue weighted by molar-refractivity contribution is 5.92. The van der Waals surface area contributed by atoms with Gasteiger partial charge in [0.1, 0.15) is 11.5 Å². The van der Waals surface area contributed by atoms with E-state index in [1.165, 1.54) is 0 Å². The first kappa shape index (κ1) is 12.1. The quantitative estimate of drug-likeness (QED) is 0.728. The highest BCUT2D eigenvalue weighted by Crippen LogP contribution is 2.04. The fraction of sp³-hybridized carbons (Fsp3) is 0.250. The zero-order valence-electron chi connectivity index (χ0n) is 10.1. The molecule has 0 atom stereocenters. The Kier molecular flexibility index (Phi) is 3.90. The van der Waals surface area contributed by atoms with Gasteiger partial charge in [-0.2, -0.15) is 0 Å². The van der Waals surface area contributed by atoms with Gasteiger partial charge in [-0.1, -0.05) is 0 Å². The normalized spacial score (nSPS) is 10.1. The summed E-state index contributed by atoms with van der Waals surface area (Å²) in [5.74, 6) is 0.679. The minimum atomic E-state index is -0.177. The predicted octanol–water partition coefficient (Wildman–Crippen LogP) is 0.819. The second-order valence-electron chi connectivity index (χ2n) is 3.72. The Balaban J connectivity index is 1.83. The molecule has 2 rings (SSSR count). The van der Waals surface area contributed by atoms with Crippen LogP contribution in [0.25, 0.3) is 0 Å². The maximum absolute atomic E-state index is 11.7. The first-order valence-corrected chi connectivity index (χ1v) is 5.70. The van der Waals surface area contributed by atoms with E-state index in [0.29, 0.717) is 18.7 Å². The van der Waals surface area contributed by atoms with Crippen LogP contribution in [-0.4, -0.2) is 34.5 Å². The molecule has 3 N–H and O–H groups in total. The molecule has 0 aromatic carbocycles. The van der Waals surface area contributed by atoms with Crippen molar-refractivity contribution in [3.8, 4) is 0 Å². The van der Waals surface area contributed by atoms with Crippen LogP contribution in [0.15, 0.2) is 30.7 Å². The predicted molar refractivity (Wildman–Crippen MR) is 68.4 cm³/mol. The standard InChI is InChI=1S/C12H15N5O/c1-13-9-2-3-10(17-8-9)12(18)16-5-4-11-14-6-7-15-11/h2-3,6-8,13H,4-5H2,1H3,(H,14,15)(H,16,18). The highest BCUT2D eigenvalue weighted by atomic mass is 16.1. The molecule has 0 fully saturated rings. The monoisotopic (exact) mass is 245 g/mol. The van der Waals surface area contributed by atoms with E-state index in [9.17, 15) is 4.79 Å². The van der Waals surface area contributed by atoms with Crippen LogP contribution in [0.4, 0.5) is 5.69 Å². The molecule has 18 heavy (non-hydrogen) atoms. The third-order valence-electron chi connectivity index (χ3n) is 2.49. The van der Waals surface area contributed by atoms with Gasteiger partial charge in [-0.25, -0.2) is 9.97 Å². The van der Waals surface area contributed by atoms with Crippen LogP contribution < -0.4 is 10.6 Å². The molecule has 2 aromatic heterocycles. The largest absolute Gasteiger partial charge is 0.387 e. The van der Waals surface area contributed by atoms with Gasteiger partial charge in [-0.05, 0) is 12.1 Å². The average molecular weight is 245 g/mol. The number of carbonyl (C=O) groups excluding carboxylic acids is 1. The second kappa shape index (κ2) is 5.81. The summed E-state index contributed by atoms with van der Waals surface area (Å²) >= 11 is 0. The van der Waals surface area contributed by atoms with Gasteiger partial charge in [-0.15, -0.1) is 0 Å². The summed E-state index contributed by atoms with van der Waals surface area (Å²) in [5, 5.41) is 5.74. The molecule has 0 aliphatic carbocycles. The van der Waals surface area contributed by atoms with Crippen molar-refractivity contribution < 1.29 is 4.79 Å². The van der Waals surface area contributed by atoms with Crippen molar-refractivity contribution in [1.82, 2.24) is 20.3 Å². The minimum absolute atomic E-state index is 0.177. The van der Waals surface area contributed by atoms with Gasteiger partial charge in [0.05, 0.1) is 11.9 Å². The van der Waals surface area contributed by atoms with Crippen molar-refractivity contribution in [1.29, 1.82) is 0 Å². The lowest BCUT2D eigenvalue weighted by Gasteiger charge is -2.04. The molecule has 94 valence electrons. The first-order chi connectivity index (χ1) is 8.79. The molecule has 0 radical (unpaired) electrons. The number of pyridine rings is 1. The van der Waals surface area contributed by atoms with E-state index in [0.717, 1.165) is 11.5 Å². The highest BCUT2D eigenvalue weighted by Gasteiger charge is 2.06. The number of hydrogen-bond acceptors (Lipinski definition) is 4. The smallest absolute Gasteiger partial charge is 0.269 e. The van der Waals surface area contributed by atoms with E-state index >= 15 is 0 Å². The van der Waals surface area contributed by atoms with Crippen molar-refractivity contribution >= 4 is 11.6 Å². The van der Waals surface area contributed by atoms with E-state index in [-0.39, 0.29) is 5.91 Å². The molecule has 2 heterocycles. The van der Waals surface area contributed by atoms with Gasteiger partial charge < -0.3 is 15.6 Å². The third-order valence-corrected chi connectivity index (χ3v) is 2.49. The van der Waals surface area contributed by atoms with Crippen LogP contribution >= 0.6 is 0 Å². The van der Waals surface area contributed by atoms with Crippen LogP contribution in [0, 0.1) is 0 Å². The van der Waals surface area contributed by atoms with Crippen LogP contribution in [0.5, 0.6) is 0 Å². The van der Waals surface area contributed by atoms with Crippen LogP contribution in [-0.2, 0) is 6.42 Å². The number of H-pyrrole nitrogens is 1. The Morgan fingerprint density at radius 1 is 1.39 bits per heavy atom. The molecule has 6 nitrogen and oxygen atoms in total. The molecule has 1 amide bonds. The van der Waals surface area contributed by atoms with Gasteiger partial charge in [0.25, 0.3) is 5.91 Å². The van der Waals surface area contributed by atoms with Gasteiger partial charge in [0, 0.05) is 32.4 Å². The number of carbonyl (C=O) groups is 1. The summed E-state index contributed by atoms with van der Waals surface area (Å²) in [4.78, 5) is 22.9. The summed E-state index contributed by atoms with van der Waals surface area (Å²) < 4.78 is 0. The molecule has 2 aromatic rings. The van der Waals surface area contributed by atoms with Crippen LogP contribution in [0.2, 0.25) is 0 Å². The maximum Gasteiger partial charge on any atom is 0.269 e. The lowest BCUT2D eigenvalue weighted by Crippen LogP contribution is -2.26. The zero-order valence-corrected chi connectivity index (χ0v) is 10.1. The minimum Gasteiger partial charge on any atom is -0.387 e. The lowest BCUT2D eigenvalue weighted by molar-refractivity contribution is 0.0949. The molecule has 0 saturated carbocycles. The average Bonchev–Trinajstić information content (AvgIpc) is 2.92. The molecule has 0 spiro atoms. The molecule has 0 aliphatic heterocycles. The van der Waals surface area contributed by atoms with E-state index in [1.54, 1.807) is 31.7 Å². The Hall–Kier alpha value is -2.37. The van der Waals surface area contributed by atoms with Crippen molar-refractivity contribution in [2.24, 2.45) is 0 Å².